The molecule has 1 aliphatic carbocycles. The molecule has 1 saturated heterocycles. The lowest BCUT2D eigenvalue weighted by atomic mass is 9.77. The molecule has 6 rings (SSSR count). The molecule has 2 aromatic carbocycles. The van der Waals surface area contributed by atoms with E-state index in [4.69, 9.17) is 4.74 Å². The minimum Gasteiger partial charge on any atom is -0.444 e. The van der Waals surface area contributed by atoms with Crippen molar-refractivity contribution in [3.8, 4) is 0 Å². The number of carbonyl (C=O) groups excluding carboxylic acids is 3. The molecule has 8 heteroatoms. The minimum absolute atomic E-state index is 0.0409. The number of hydrogen-bond donors (Lipinski definition) is 1. The Labute approximate surface area is 255 Å². The van der Waals surface area contributed by atoms with Gasteiger partial charge in [-0.05, 0) is 93.2 Å². The Bertz CT molecular complexity index is 1430. The van der Waals surface area contributed by atoms with Gasteiger partial charge in [-0.25, -0.2) is 4.79 Å². The van der Waals surface area contributed by atoms with Crippen LogP contribution in [0.4, 0.5) is 4.79 Å². The smallest absolute Gasteiger partial charge is 0.410 e. The highest BCUT2D eigenvalue weighted by molar-refractivity contribution is 6.00. The van der Waals surface area contributed by atoms with Crippen LogP contribution in [0.1, 0.15) is 97.7 Å². The second-order valence-electron chi connectivity index (χ2n) is 14.8. The highest BCUT2D eigenvalue weighted by Gasteiger charge is 2.46. The highest BCUT2D eigenvalue weighted by atomic mass is 16.6. The predicted octanol–water partition coefficient (Wildman–Crippen LogP) is 5.16. The molecule has 1 spiro atoms. The normalized spacial score (nSPS) is 23.0. The molecule has 4 aliphatic rings. The molecule has 1 saturated carbocycles. The lowest BCUT2D eigenvalue weighted by molar-refractivity contribution is -0.0193. The number of hydrogen-bond acceptors (Lipinski definition) is 5. The van der Waals surface area contributed by atoms with Crippen LogP contribution in [0.25, 0.3) is 0 Å². The van der Waals surface area contributed by atoms with Crippen molar-refractivity contribution in [2.75, 3.05) is 26.2 Å². The van der Waals surface area contributed by atoms with Gasteiger partial charge in [0.1, 0.15) is 5.60 Å². The van der Waals surface area contributed by atoms with E-state index in [1.165, 1.54) is 12.8 Å². The van der Waals surface area contributed by atoms with Crippen LogP contribution < -0.4 is 0 Å². The Morgan fingerprint density at radius 3 is 2.35 bits per heavy atom. The van der Waals surface area contributed by atoms with Crippen LogP contribution in [0, 0.1) is 5.41 Å². The fourth-order valence-electron chi connectivity index (χ4n) is 7.18. The molecule has 230 valence electrons. The summed E-state index contributed by atoms with van der Waals surface area (Å²) in [6.07, 6.45) is 3.79. The molecule has 0 aromatic heterocycles. The van der Waals surface area contributed by atoms with Crippen molar-refractivity contribution >= 4 is 17.9 Å². The lowest BCUT2D eigenvalue weighted by Gasteiger charge is -2.44. The van der Waals surface area contributed by atoms with E-state index in [1.54, 1.807) is 21.9 Å². The number of fused-ring (bicyclic) bond motifs is 2. The summed E-state index contributed by atoms with van der Waals surface area (Å²) in [5, 5.41) is 11.6. The van der Waals surface area contributed by atoms with E-state index >= 15 is 0 Å². The average molecular weight is 588 g/mol. The third kappa shape index (κ3) is 5.91. The van der Waals surface area contributed by atoms with Crippen molar-refractivity contribution < 1.29 is 24.2 Å². The maximum atomic E-state index is 13.8. The molecule has 43 heavy (non-hydrogen) atoms. The number of carbonyl (C=O) groups is 3. The van der Waals surface area contributed by atoms with E-state index in [-0.39, 0.29) is 18.4 Å². The molecule has 0 bridgehead atoms. The molecular weight excluding hydrogens is 542 g/mol. The number of benzene rings is 2. The van der Waals surface area contributed by atoms with Crippen LogP contribution in [-0.4, -0.2) is 81.6 Å². The zero-order valence-electron chi connectivity index (χ0n) is 26.2. The van der Waals surface area contributed by atoms with Gasteiger partial charge in [0.25, 0.3) is 11.8 Å². The van der Waals surface area contributed by atoms with Gasteiger partial charge in [0.2, 0.25) is 0 Å². The molecule has 2 unspecified atom stereocenters. The standard InChI is InChI=1S/C35H45N3O5/c1-33(2,3)43-32(42)38-20-25-9-7-6-8-23(25)19-28(38)29(39)21-37-22-34(4,5)27-18-24(10-11-26(27)31(37)41)30(40)36-16-14-35(12-13-35)15-17-36/h6-11,18,28-29,39H,12-17,19-22H2,1-5H3. The number of nitrogens with zero attached hydrogens (tertiary/aromatic N) is 3. The molecule has 2 aromatic rings. The van der Waals surface area contributed by atoms with E-state index in [0.717, 1.165) is 42.6 Å². The molecular formula is C35H45N3O5. The molecule has 1 N–H and O–H groups in total. The average Bonchev–Trinajstić information content (AvgIpc) is 3.72. The fourth-order valence-corrected chi connectivity index (χ4v) is 7.18. The number of aliphatic hydroxyl groups is 1. The quantitative estimate of drug-likeness (QED) is 0.534. The third-order valence-electron chi connectivity index (χ3n) is 9.94. The van der Waals surface area contributed by atoms with E-state index in [2.05, 4.69) is 13.8 Å². The van der Waals surface area contributed by atoms with E-state index < -0.39 is 29.3 Å². The first-order valence-corrected chi connectivity index (χ1v) is 15.7. The summed E-state index contributed by atoms with van der Waals surface area (Å²) in [5.41, 5.74) is 3.58. The topological polar surface area (TPSA) is 90.4 Å². The van der Waals surface area contributed by atoms with Crippen molar-refractivity contribution in [2.45, 2.75) is 96.4 Å². The summed E-state index contributed by atoms with van der Waals surface area (Å²) < 4.78 is 5.72. The number of amides is 3. The molecule has 8 nitrogen and oxygen atoms in total. The predicted molar refractivity (Wildman–Crippen MR) is 164 cm³/mol. The summed E-state index contributed by atoms with van der Waals surface area (Å²) in [6, 6.07) is 12.9. The summed E-state index contributed by atoms with van der Waals surface area (Å²) in [6.45, 7) is 12.1. The van der Waals surface area contributed by atoms with Gasteiger partial charge in [-0.1, -0.05) is 38.1 Å². The molecule has 0 radical (unpaired) electrons. The SMILES string of the molecule is CC(C)(C)OC(=O)N1Cc2ccccc2CC1C(O)CN1CC(C)(C)c2cc(C(=O)N3CCC4(CC3)CC4)ccc2C1=O. The van der Waals surface area contributed by atoms with Crippen molar-refractivity contribution in [1.82, 2.24) is 14.7 Å². The summed E-state index contributed by atoms with van der Waals surface area (Å²) >= 11 is 0. The van der Waals surface area contributed by atoms with Crippen molar-refractivity contribution in [3.63, 3.8) is 0 Å². The van der Waals surface area contributed by atoms with Crippen LogP contribution in [-0.2, 0) is 23.1 Å². The van der Waals surface area contributed by atoms with Crippen molar-refractivity contribution in [1.29, 1.82) is 0 Å². The zero-order chi connectivity index (χ0) is 30.7. The van der Waals surface area contributed by atoms with Crippen LogP contribution in [0.3, 0.4) is 0 Å². The summed E-state index contributed by atoms with van der Waals surface area (Å²) in [4.78, 5) is 45.8. The third-order valence-corrected chi connectivity index (χ3v) is 9.94. The minimum atomic E-state index is -0.975. The van der Waals surface area contributed by atoms with Gasteiger partial charge in [0, 0.05) is 49.3 Å². The lowest BCUT2D eigenvalue weighted by Crippen LogP contribution is -2.57. The van der Waals surface area contributed by atoms with Gasteiger partial charge in [0.05, 0.1) is 12.1 Å². The maximum Gasteiger partial charge on any atom is 0.410 e. The second-order valence-corrected chi connectivity index (χ2v) is 14.8. The first-order valence-electron chi connectivity index (χ1n) is 15.7. The van der Waals surface area contributed by atoms with Gasteiger partial charge in [-0.2, -0.15) is 0 Å². The number of rotatable bonds is 4. The molecule has 3 aliphatic heterocycles. The van der Waals surface area contributed by atoms with E-state index in [0.29, 0.717) is 36.1 Å². The van der Waals surface area contributed by atoms with Gasteiger partial charge in [0.15, 0.2) is 0 Å². The maximum absolute atomic E-state index is 13.8. The number of aliphatic hydroxyl groups excluding tert-OH is 1. The molecule has 2 fully saturated rings. The number of β-amino-alcohol motifs (C(OH)–C–C–N with tert-alkyl or cyclic N) is 1. The van der Waals surface area contributed by atoms with Crippen LogP contribution in [0.15, 0.2) is 42.5 Å². The Kier molecular flexibility index (Phi) is 7.35. The largest absolute Gasteiger partial charge is 0.444 e. The van der Waals surface area contributed by atoms with Crippen LogP contribution >= 0.6 is 0 Å². The first-order chi connectivity index (χ1) is 20.3. The van der Waals surface area contributed by atoms with Crippen LogP contribution in [0.5, 0.6) is 0 Å². The fraction of sp³-hybridized carbons (Fsp3) is 0.571. The molecule has 2 atom stereocenters. The molecule has 3 amide bonds. The molecule has 3 heterocycles. The second kappa shape index (κ2) is 10.7. The summed E-state index contributed by atoms with van der Waals surface area (Å²) in [5.74, 6) is -0.125. The summed E-state index contributed by atoms with van der Waals surface area (Å²) in [7, 11) is 0. The number of likely N-dealkylation sites (tertiary alicyclic amines) is 1. The van der Waals surface area contributed by atoms with E-state index in [9.17, 15) is 19.5 Å². The number of ether oxygens (including phenoxy) is 1. The van der Waals surface area contributed by atoms with Crippen molar-refractivity contribution in [2.24, 2.45) is 5.41 Å². The Hall–Kier alpha value is -3.39. The number of piperidine rings is 1. The van der Waals surface area contributed by atoms with Gasteiger partial charge in [-0.15, -0.1) is 0 Å². The Morgan fingerprint density at radius 2 is 1.70 bits per heavy atom. The Morgan fingerprint density at radius 1 is 1.02 bits per heavy atom. The van der Waals surface area contributed by atoms with Crippen LogP contribution in [0.2, 0.25) is 0 Å². The van der Waals surface area contributed by atoms with E-state index in [1.807, 2.05) is 56.0 Å². The Balaban J connectivity index is 1.20. The van der Waals surface area contributed by atoms with Gasteiger partial charge >= 0.3 is 6.09 Å². The monoisotopic (exact) mass is 587 g/mol. The first kappa shape index (κ1) is 29.7. The van der Waals surface area contributed by atoms with Crippen molar-refractivity contribution in [3.05, 3.63) is 70.3 Å². The van der Waals surface area contributed by atoms with Gasteiger partial charge < -0.3 is 19.6 Å². The highest BCUT2D eigenvalue weighted by Crippen LogP contribution is 2.53. The van der Waals surface area contributed by atoms with Gasteiger partial charge in [-0.3, -0.25) is 14.5 Å². The zero-order valence-corrected chi connectivity index (χ0v) is 26.2.